The number of hydrogen-bond acceptors (Lipinski definition) is 1. The van der Waals surface area contributed by atoms with Gasteiger partial charge in [0.05, 0.1) is 11.2 Å². The molecular formula is C24H19FN2O. The van der Waals surface area contributed by atoms with Crippen molar-refractivity contribution in [2.45, 2.75) is 18.9 Å². The first-order valence-corrected chi connectivity index (χ1v) is 9.40. The van der Waals surface area contributed by atoms with Gasteiger partial charge in [-0.25, -0.2) is 4.39 Å². The lowest BCUT2D eigenvalue weighted by atomic mass is 9.89. The summed E-state index contributed by atoms with van der Waals surface area (Å²) in [6.45, 7) is 0.577. The van der Waals surface area contributed by atoms with Gasteiger partial charge in [-0.1, -0.05) is 48.5 Å². The van der Waals surface area contributed by atoms with E-state index in [9.17, 15) is 9.18 Å². The topological polar surface area (TPSA) is 34.0 Å². The van der Waals surface area contributed by atoms with Crippen molar-refractivity contribution in [3.05, 3.63) is 102 Å². The Morgan fingerprint density at radius 3 is 2.64 bits per heavy atom. The quantitative estimate of drug-likeness (QED) is 0.521. The van der Waals surface area contributed by atoms with Crippen LogP contribution in [-0.2, 0) is 11.3 Å². The van der Waals surface area contributed by atoms with Crippen LogP contribution in [0.5, 0.6) is 0 Å². The van der Waals surface area contributed by atoms with Gasteiger partial charge in [-0.05, 0) is 41.0 Å². The Morgan fingerprint density at radius 2 is 1.82 bits per heavy atom. The zero-order chi connectivity index (χ0) is 19.1. The van der Waals surface area contributed by atoms with Gasteiger partial charge in [0.2, 0.25) is 5.91 Å². The summed E-state index contributed by atoms with van der Waals surface area (Å²) < 4.78 is 15.8. The fourth-order valence-corrected chi connectivity index (χ4v) is 4.20. The highest BCUT2D eigenvalue weighted by Gasteiger charge is 2.27. The highest BCUT2D eigenvalue weighted by atomic mass is 19.1. The Labute approximate surface area is 162 Å². The fourth-order valence-electron chi connectivity index (χ4n) is 4.20. The van der Waals surface area contributed by atoms with Gasteiger partial charge >= 0.3 is 0 Å². The molecule has 0 bridgehead atoms. The number of amides is 1. The number of nitrogens with zero attached hydrogens (tertiary/aromatic N) is 1. The molecule has 0 saturated carbocycles. The van der Waals surface area contributed by atoms with Crippen LogP contribution in [0.15, 0.2) is 79.0 Å². The van der Waals surface area contributed by atoms with Gasteiger partial charge in [0.25, 0.3) is 0 Å². The lowest BCUT2D eigenvalue weighted by molar-refractivity contribution is -0.116. The summed E-state index contributed by atoms with van der Waals surface area (Å²) in [6.07, 6.45) is 2.52. The number of halogens is 1. The number of aromatic nitrogens is 1. The first-order chi connectivity index (χ1) is 13.7. The van der Waals surface area contributed by atoms with Crippen LogP contribution in [0.3, 0.4) is 0 Å². The smallest absolute Gasteiger partial charge is 0.225 e. The molecule has 2 heterocycles. The van der Waals surface area contributed by atoms with E-state index in [2.05, 4.69) is 34.3 Å². The molecule has 1 amide bonds. The van der Waals surface area contributed by atoms with E-state index in [4.69, 9.17) is 0 Å². The molecule has 1 N–H and O–H groups in total. The number of carbonyl (C=O) groups excluding carboxylic acids is 1. The van der Waals surface area contributed by atoms with Gasteiger partial charge in [-0.3, -0.25) is 4.79 Å². The number of hydrogen-bond donors (Lipinski definition) is 1. The molecule has 4 aromatic rings. The maximum atomic E-state index is 13.7. The molecule has 5 rings (SSSR count). The van der Waals surface area contributed by atoms with Crippen molar-refractivity contribution < 1.29 is 9.18 Å². The molecule has 1 unspecified atom stereocenters. The predicted molar refractivity (Wildman–Crippen MR) is 109 cm³/mol. The molecule has 3 nitrogen and oxygen atoms in total. The molecular weight excluding hydrogens is 351 g/mol. The van der Waals surface area contributed by atoms with Crippen molar-refractivity contribution in [1.29, 1.82) is 0 Å². The van der Waals surface area contributed by atoms with Crippen molar-refractivity contribution >= 4 is 22.5 Å². The van der Waals surface area contributed by atoms with E-state index in [-0.39, 0.29) is 17.6 Å². The van der Waals surface area contributed by atoms with E-state index in [0.717, 1.165) is 33.3 Å². The van der Waals surface area contributed by atoms with E-state index in [0.29, 0.717) is 13.0 Å². The minimum absolute atomic E-state index is 0.0129. The van der Waals surface area contributed by atoms with Gasteiger partial charge < -0.3 is 9.88 Å². The molecule has 1 aliphatic rings. The van der Waals surface area contributed by atoms with Crippen LogP contribution in [-0.4, -0.2) is 10.5 Å². The Hall–Kier alpha value is -3.40. The van der Waals surface area contributed by atoms with Crippen LogP contribution < -0.4 is 5.32 Å². The van der Waals surface area contributed by atoms with Crippen LogP contribution in [0, 0.1) is 5.82 Å². The van der Waals surface area contributed by atoms with E-state index >= 15 is 0 Å². The van der Waals surface area contributed by atoms with Crippen molar-refractivity contribution in [2.24, 2.45) is 0 Å². The van der Waals surface area contributed by atoms with E-state index in [1.165, 1.54) is 6.07 Å². The molecule has 1 aliphatic heterocycles. The Bertz CT molecular complexity index is 1180. The van der Waals surface area contributed by atoms with Crippen LogP contribution in [0.25, 0.3) is 10.9 Å². The summed E-state index contributed by atoms with van der Waals surface area (Å²) in [4.78, 5) is 12.5. The van der Waals surface area contributed by atoms with Crippen molar-refractivity contribution in [3.8, 4) is 0 Å². The molecule has 3 aromatic carbocycles. The van der Waals surface area contributed by atoms with Crippen molar-refractivity contribution in [1.82, 2.24) is 4.57 Å². The zero-order valence-corrected chi connectivity index (χ0v) is 15.2. The minimum Gasteiger partial charge on any atom is -0.343 e. The first kappa shape index (κ1) is 16.8. The monoisotopic (exact) mass is 370 g/mol. The highest BCUT2D eigenvalue weighted by molar-refractivity contribution is 6.06. The largest absolute Gasteiger partial charge is 0.343 e. The molecule has 0 aliphatic carbocycles. The predicted octanol–water partition coefficient (Wildman–Crippen LogP) is 5.30. The average molecular weight is 370 g/mol. The molecule has 4 heteroatoms. The Morgan fingerprint density at radius 1 is 1.00 bits per heavy atom. The first-order valence-electron chi connectivity index (χ1n) is 9.40. The summed E-state index contributed by atoms with van der Waals surface area (Å²) in [5.74, 6) is -0.222. The summed E-state index contributed by atoms with van der Waals surface area (Å²) in [6, 6.07) is 22.8. The van der Waals surface area contributed by atoms with Gasteiger partial charge in [-0.15, -0.1) is 0 Å². The molecule has 0 fully saturated rings. The average Bonchev–Trinajstić information content (AvgIpc) is 2.98. The molecule has 1 aromatic heterocycles. The van der Waals surface area contributed by atoms with Crippen LogP contribution in [0.4, 0.5) is 10.1 Å². The summed E-state index contributed by atoms with van der Waals surface area (Å²) in [5, 5.41) is 4.13. The second-order valence-electron chi connectivity index (χ2n) is 7.26. The highest BCUT2D eigenvalue weighted by Crippen LogP contribution is 2.40. The fraction of sp³-hybridized carbons (Fsp3) is 0.125. The third-order valence-corrected chi connectivity index (χ3v) is 5.42. The van der Waals surface area contributed by atoms with Gasteiger partial charge in [0.1, 0.15) is 5.82 Å². The van der Waals surface area contributed by atoms with Crippen LogP contribution in [0.2, 0.25) is 0 Å². The summed E-state index contributed by atoms with van der Waals surface area (Å²) in [5.41, 5.74) is 5.05. The SMILES string of the molecule is O=C1CC(c2ccccc2)c2cn(Cc3cccc(F)c3)c3cccc(c23)N1. The van der Waals surface area contributed by atoms with Gasteiger partial charge in [0.15, 0.2) is 0 Å². The number of benzene rings is 3. The summed E-state index contributed by atoms with van der Waals surface area (Å²) in [7, 11) is 0. The van der Waals surface area contributed by atoms with E-state index in [1.807, 2.05) is 36.4 Å². The lowest BCUT2D eigenvalue weighted by Crippen LogP contribution is -2.13. The van der Waals surface area contributed by atoms with Crippen molar-refractivity contribution in [3.63, 3.8) is 0 Å². The Kier molecular flexibility index (Phi) is 3.97. The minimum atomic E-state index is -0.231. The third-order valence-electron chi connectivity index (χ3n) is 5.42. The molecule has 138 valence electrons. The molecule has 0 saturated heterocycles. The number of rotatable bonds is 3. The maximum absolute atomic E-state index is 13.7. The second kappa shape index (κ2) is 6.64. The zero-order valence-electron chi connectivity index (χ0n) is 15.2. The van der Waals surface area contributed by atoms with Crippen LogP contribution in [0.1, 0.15) is 29.0 Å². The molecule has 0 spiro atoms. The number of carbonyl (C=O) groups is 1. The van der Waals surface area contributed by atoms with E-state index < -0.39 is 0 Å². The standard InChI is InChI=1S/C24H19FN2O/c25-18-9-4-6-16(12-18)14-27-15-20-19(17-7-2-1-3-8-17)13-23(28)26-21-10-5-11-22(27)24(20)21/h1-12,15,19H,13-14H2,(H,26,28). The molecule has 28 heavy (non-hydrogen) atoms. The van der Waals surface area contributed by atoms with Gasteiger partial charge in [-0.2, -0.15) is 0 Å². The normalized spacial score (nSPS) is 16.0. The maximum Gasteiger partial charge on any atom is 0.225 e. The Balaban J connectivity index is 1.69. The van der Waals surface area contributed by atoms with E-state index in [1.54, 1.807) is 12.1 Å². The molecule has 1 atom stereocenters. The van der Waals surface area contributed by atoms with Crippen molar-refractivity contribution in [2.75, 3.05) is 5.32 Å². The summed E-state index contributed by atoms with van der Waals surface area (Å²) >= 11 is 0. The second-order valence-corrected chi connectivity index (χ2v) is 7.26. The number of anilines is 1. The number of nitrogens with one attached hydrogen (secondary N) is 1. The third kappa shape index (κ3) is 2.87. The van der Waals surface area contributed by atoms with Gasteiger partial charge in [0, 0.05) is 30.5 Å². The molecule has 0 radical (unpaired) electrons. The van der Waals surface area contributed by atoms with Crippen LogP contribution >= 0.6 is 0 Å². The lowest BCUT2D eigenvalue weighted by Gasteiger charge is -2.14.